The van der Waals surface area contributed by atoms with E-state index >= 15 is 0 Å². The van der Waals surface area contributed by atoms with Crippen LogP contribution in [0.2, 0.25) is 0 Å². The first-order valence-corrected chi connectivity index (χ1v) is 6.96. The highest BCUT2D eigenvalue weighted by Crippen LogP contribution is 2.28. The topological polar surface area (TPSA) is 68.0 Å². The number of hydrogen-bond acceptors (Lipinski definition) is 3. The zero-order valence-corrected chi connectivity index (χ0v) is 11.5. The summed E-state index contributed by atoms with van der Waals surface area (Å²) in [6, 6.07) is 1.93. The Balaban J connectivity index is 2.03. The van der Waals surface area contributed by atoms with Crippen LogP contribution in [0.1, 0.15) is 41.7 Å². The number of amides is 1. The van der Waals surface area contributed by atoms with Crippen molar-refractivity contribution >= 4 is 5.91 Å². The highest BCUT2D eigenvalue weighted by atomic mass is 19.4. The Bertz CT molecular complexity index is 487. The van der Waals surface area contributed by atoms with E-state index in [2.05, 4.69) is 10.3 Å². The second-order valence-electron chi connectivity index (χ2n) is 5.29. The Kier molecular flexibility index (Phi) is 4.82. The molecule has 0 spiro atoms. The Hall–Kier alpha value is -1.63. The standard InChI is InChI=1S/C14H18F3N3O/c15-14(16,17)10-5-6-12(19-8-10)13(21)20-11-4-2-1-3-9(11)7-18/h5-6,8-9,11H,1-4,7,18H2,(H,20,21). The van der Waals surface area contributed by atoms with Crippen molar-refractivity contribution in [1.29, 1.82) is 0 Å². The fraction of sp³-hybridized carbons (Fsp3) is 0.571. The molecule has 2 rings (SSSR count). The average molecular weight is 301 g/mol. The SMILES string of the molecule is NCC1CCCCC1NC(=O)c1ccc(C(F)(F)F)cn1. The summed E-state index contributed by atoms with van der Waals surface area (Å²) in [5, 5.41) is 2.83. The largest absolute Gasteiger partial charge is 0.417 e. The van der Waals surface area contributed by atoms with Crippen LogP contribution in [0.3, 0.4) is 0 Å². The Morgan fingerprint density at radius 1 is 1.33 bits per heavy atom. The van der Waals surface area contributed by atoms with Crippen LogP contribution in [-0.2, 0) is 6.18 Å². The van der Waals surface area contributed by atoms with Crippen molar-refractivity contribution < 1.29 is 18.0 Å². The van der Waals surface area contributed by atoms with E-state index in [1.54, 1.807) is 0 Å². The van der Waals surface area contributed by atoms with Gasteiger partial charge in [-0.25, -0.2) is 0 Å². The number of aromatic nitrogens is 1. The van der Waals surface area contributed by atoms with Crippen molar-refractivity contribution in [2.75, 3.05) is 6.54 Å². The molecule has 2 unspecified atom stereocenters. The third-order valence-electron chi connectivity index (χ3n) is 3.85. The van der Waals surface area contributed by atoms with Crippen LogP contribution in [0, 0.1) is 5.92 Å². The molecular weight excluding hydrogens is 283 g/mol. The summed E-state index contributed by atoms with van der Waals surface area (Å²) in [5.74, 6) is -0.230. The monoisotopic (exact) mass is 301 g/mol. The molecule has 1 aliphatic rings. The van der Waals surface area contributed by atoms with Gasteiger partial charge in [0.2, 0.25) is 0 Å². The minimum Gasteiger partial charge on any atom is -0.348 e. The van der Waals surface area contributed by atoms with Crippen LogP contribution in [0.4, 0.5) is 13.2 Å². The van der Waals surface area contributed by atoms with Crippen LogP contribution in [0.5, 0.6) is 0 Å². The van der Waals surface area contributed by atoms with Crippen LogP contribution in [0.15, 0.2) is 18.3 Å². The van der Waals surface area contributed by atoms with Gasteiger partial charge in [-0.3, -0.25) is 9.78 Å². The molecule has 0 aromatic carbocycles. The predicted molar refractivity (Wildman–Crippen MR) is 71.5 cm³/mol. The van der Waals surface area contributed by atoms with E-state index in [-0.39, 0.29) is 17.7 Å². The summed E-state index contributed by atoms with van der Waals surface area (Å²) in [6.07, 6.45) is 0.136. The number of nitrogens with two attached hydrogens (primary N) is 1. The summed E-state index contributed by atoms with van der Waals surface area (Å²) >= 11 is 0. The number of rotatable bonds is 3. The molecule has 1 fully saturated rings. The smallest absolute Gasteiger partial charge is 0.348 e. The first-order valence-electron chi connectivity index (χ1n) is 6.96. The van der Waals surface area contributed by atoms with Gasteiger partial charge in [-0.05, 0) is 37.4 Å². The van der Waals surface area contributed by atoms with Crippen molar-refractivity contribution in [3.8, 4) is 0 Å². The van der Waals surface area contributed by atoms with E-state index in [0.29, 0.717) is 12.7 Å². The van der Waals surface area contributed by atoms with Gasteiger partial charge in [-0.2, -0.15) is 13.2 Å². The molecule has 1 saturated carbocycles. The van der Waals surface area contributed by atoms with Gasteiger partial charge in [0, 0.05) is 12.2 Å². The first kappa shape index (κ1) is 15.8. The molecule has 7 heteroatoms. The lowest BCUT2D eigenvalue weighted by atomic mass is 9.84. The highest BCUT2D eigenvalue weighted by Gasteiger charge is 2.31. The van der Waals surface area contributed by atoms with E-state index < -0.39 is 17.6 Å². The van der Waals surface area contributed by atoms with Crippen molar-refractivity contribution in [3.05, 3.63) is 29.6 Å². The Labute approximate surface area is 120 Å². The number of alkyl halides is 3. The van der Waals surface area contributed by atoms with E-state index in [9.17, 15) is 18.0 Å². The molecule has 1 amide bonds. The van der Waals surface area contributed by atoms with E-state index in [0.717, 1.165) is 37.8 Å². The van der Waals surface area contributed by atoms with Crippen LogP contribution in [-0.4, -0.2) is 23.5 Å². The summed E-state index contributed by atoms with van der Waals surface area (Å²) in [6.45, 7) is 0.491. The number of nitrogens with one attached hydrogen (secondary N) is 1. The molecule has 0 radical (unpaired) electrons. The van der Waals surface area contributed by atoms with Crippen LogP contribution >= 0.6 is 0 Å². The molecule has 3 N–H and O–H groups in total. The zero-order chi connectivity index (χ0) is 15.5. The molecule has 1 aromatic rings. The molecule has 0 aliphatic heterocycles. The molecule has 1 aliphatic carbocycles. The first-order chi connectivity index (χ1) is 9.91. The maximum atomic E-state index is 12.4. The third kappa shape index (κ3) is 3.93. The molecule has 1 heterocycles. The molecule has 0 saturated heterocycles. The fourth-order valence-corrected chi connectivity index (χ4v) is 2.62. The minimum atomic E-state index is -4.45. The lowest BCUT2D eigenvalue weighted by molar-refractivity contribution is -0.137. The number of halogens is 3. The van der Waals surface area contributed by atoms with Gasteiger partial charge in [0.05, 0.1) is 5.56 Å². The van der Waals surface area contributed by atoms with Gasteiger partial charge < -0.3 is 11.1 Å². The maximum absolute atomic E-state index is 12.4. The van der Waals surface area contributed by atoms with Crippen molar-refractivity contribution in [2.45, 2.75) is 37.9 Å². The van der Waals surface area contributed by atoms with Crippen LogP contribution < -0.4 is 11.1 Å². The van der Waals surface area contributed by atoms with Gasteiger partial charge in [-0.15, -0.1) is 0 Å². The van der Waals surface area contributed by atoms with Gasteiger partial charge in [-0.1, -0.05) is 12.8 Å². The molecule has 0 bridgehead atoms. The number of pyridine rings is 1. The number of nitrogens with zero attached hydrogens (tertiary/aromatic N) is 1. The van der Waals surface area contributed by atoms with Gasteiger partial charge in [0.15, 0.2) is 0 Å². The second kappa shape index (κ2) is 6.43. The summed E-state index contributed by atoms with van der Waals surface area (Å²) in [7, 11) is 0. The van der Waals surface area contributed by atoms with Crippen LogP contribution in [0.25, 0.3) is 0 Å². The van der Waals surface area contributed by atoms with E-state index in [1.807, 2.05) is 0 Å². The molecule has 21 heavy (non-hydrogen) atoms. The normalized spacial score (nSPS) is 22.9. The fourth-order valence-electron chi connectivity index (χ4n) is 2.62. The van der Waals surface area contributed by atoms with Crippen molar-refractivity contribution in [2.24, 2.45) is 11.7 Å². The highest BCUT2D eigenvalue weighted by molar-refractivity contribution is 5.92. The molecular formula is C14H18F3N3O. The average Bonchev–Trinajstić information content (AvgIpc) is 2.47. The molecule has 2 atom stereocenters. The maximum Gasteiger partial charge on any atom is 0.417 e. The quantitative estimate of drug-likeness (QED) is 0.900. The van der Waals surface area contributed by atoms with Gasteiger partial charge in [0.1, 0.15) is 5.69 Å². The molecule has 4 nitrogen and oxygen atoms in total. The number of carbonyl (C=O) groups is 1. The van der Waals surface area contributed by atoms with Gasteiger partial charge >= 0.3 is 6.18 Å². The lowest BCUT2D eigenvalue weighted by Crippen LogP contribution is -2.44. The second-order valence-corrected chi connectivity index (χ2v) is 5.29. The zero-order valence-electron chi connectivity index (χ0n) is 11.5. The molecule has 1 aromatic heterocycles. The summed E-state index contributed by atoms with van der Waals surface area (Å²) < 4.78 is 37.3. The third-order valence-corrected chi connectivity index (χ3v) is 3.85. The van der Waals surface area contributed by atoms with Crippen molar-refractivity contribution in [1.82, 2.24) is 10.3 Å². The minimum absolute atomic E-state index is 0.00987. The summed E-state index contributed by atoms with van der Waals surface area (Å²) in [5.41, 5.74) is 4.81. The molecule has 116 valence electrons. The van der Waals surface area contributed by atoms with Crippen molar-refractivity contribution in [3.63, 3.8) is 0 Å². The lowest BCUT2D eigenvalue weighted by Gasteiger charge is -2.31. The Morgan fingerprint density at radius 2 is 2.05 bits per heavy atom. The summed E-state index contributed by atoms with van der Waals surface area (Å²) in [4.78, 5) is 15.6. The van der Waals surface area contributed by atoms with Gasteiger partial charge in [0.25, 0.3) is 5.91 Å². The van der Waals surface area contributed by atoms with E-state index in [1.165, 1.54) is 0 Å². The number of carbonyl (C=O) groups excluding carboxylic acids is 1. The van der Waals surface area contributed by atoms with E-state index in [4.69, 9.17) is 5.73 Å². The predicted octanol–water partition coefficient (Wildman–Crippen LogP) is 2.35. The Morgan fingerprint density at radius 3 is 2.62 bits per heavy atom. The number of hydrogen-bond donors (Lipinski definition) is 2.